The van der Waals surface area contributed by atoms with E-state index in [0.29, 0.717) is 0 Å². The number of thiophene rings is 1. The van der Waals surface area contributed by atoms with Crippen LogP contribution >= 0.6 is 11.3 Å². The molecular formula is C28H16N6S. The molecule has 164 valence electrons. The topological polar surface area (TPSA) is 61.4 Å². The summed E-state index contributed by atoms with van der Waals surface area (Å²) in [5.74, 6) is 0. The molecule has 5 heterocycles. The second-order valence-electron chi connectivity index (χ2n) is 8.50. The number of hydrogen-bond acceptors (Lipinski definition) is 5. The predicted molar refractivity (Wildman–Crippen MR) is 142 cm³/mol. The first-order valence-corrected chi connectivity index (χ1v) is 12.1. The predicted octanol–water partition coefficient (Wildman–Crippen LogP) is 6.68. The maximum Gasteiger partial charge on any atom is 0.182 e. The molecule has 3 aromatic carbocycles. The zero-order valence-electron chi connectivity index (χ0n) is 18.3. The Labute approximate surface area is 202 Å². The summed E-state index contributed by atoms with van der Waals surface area (Å²) in [4.78, 5) is 18.4. The van der Waals surface area contributed by atoms with Gasteiger partial charge in [-0.15, -0.1) is 11.3 Å². The first-order chi connectivity index (χ1) is 17.4. The summed E-state index contributed by atoms with van der Waals surface area (Å²) in [6, 6.07) is 27.6. The Balaban J connectivity index is 1.57. The molecule has 0 saturated carbocycles. The highest BCUT2D eigenvalue weighted by Gasteiger charge is 2.20. The van der Waals surface area contributed by atoms with Crippen molar-refractivity contribution in [3.63, 3.8) is 0 Å². The third-order valence-corrected chi connectivity index (χ3v) is 7.78. The smallest absolute Gasteiger partial charge is 0.182 e. The molecule has 6 nitrogen and oxygen atoms in total. The first-order valence-electron chi connectivity index (χ1n) is 11.3. The van der Waals surface area contributed by atoms with Crippen LogP contribution in [0.3, 0.4) is 0 Å². The van der Waals surface area contributed by atoms with Crippen molar-refractivity contribution in [1.29, 1.82) is 0 Å². The Bertz CT molecular complexity index is 2070. The quantitative estimate of drug-likeness (QED) is 0.284. The van der Waals surface area contributed by atoms with Crippen LogP contribution in [-0.4, -0.2) is 29.3 Å². The van der Waals surface area contributed by atoms with Gasteiger partial charge in [-0.05, 0) is 24.3 Å². The van der Waals surface area contributed by atoms with Crippen molar-refractivity contribution < 1.29 is 0 Å². The molecule has 0 amide bonds. The highest BCUT2D eigenvalue weighted by molar-refractivity contribution is 7.26. The molecule has 0 spiro atoms. The second-order valence-corrected chi connectivity index (χ2v) is 9.55. The Kier molecular flexibility index (Phi) is 3.72. The summed E-state index contributed by atoms with van der Waals surface area (Å²) in [5.41, 5.74) is 6.58. The van der Waals surface area contributed by atoms with Crippen molar-refractivity contribution in [1.82, 2.24) is 29.3 Å². The summed E-state index contributed by atoms with van der Waals surface area (Å²) >= 11 is 1.82. The fourth-order valence-corrected chi connectivity index (χ4v) is 6.27. The fraction of sp³-hybridized carbons (Fsp3) is 0. The zero-order valence-corrected chi connectivity index (χ0v) is 19.1. The standard InChI is InChI=1S/C28H16N6S/c1-2-6-17(7-3-1)20-11-13-23-26(32-20)25-22(34(23)33-16-31-21-14-29-15-30-28(21)33)12-10-19-18-8-4-5-9-24(18)35-27(19)25/h1-16H. The van der Waals surface area contributed by atoms with Crippen LogP contribution in [0.1, 0.15) is 0 Å². The van der Waals surface area contributed by atoms with Crippen LogP contribution in [0, 0.1) is 0 Å². The molecule has 0 bridgehead atoms. The maximum absolute atomic E-state index is 5.22. The minimum Gasteiger partial charge on any atom is -0.245 e. The van der Waals surface area contributed by atoms with Gasteiger partial charge in [0.15, 0.2) is 5.65 Å². The van der Waals surface area contributed by atoms with Crippen molar-refractivity contribution in [3.8, 4) is 11.3 Å². The average Bonchev–Trinajstić information content (AvgIpc) is 3.60. The number of nitrogens with zero attached hydrogens (tertiary/aromatic N) is 6. The van der Waals surface area contributed by atoms with E-state index >= 15 is 0 Å². The Hall–Kier alpha value is -4.62. The van der Waals surface area contributed by atoms with Gasteiger partial charge < -0.3 is 0 Å². The van der Waals surface area contributed by atoms with Crippen LogP contribution in [0.4, 0.5) is 0 Å². The van der Waals surface area contributed by atoms with Gasteiger partial charge in [0.2, 0.25) is 0 Å². The minimum absolute atomic E-state index is 0.749. The molecule has 0 radical (unpaired) electrons. The van der Waals surface area contributed by atoms with Gasteiger partial charge in [-0.25, -0.2) is 29.3 Å². The monoisotopic (exact) mass is 468 g/mol. The van der Waals surface area contributed by atoms with Crippen LogP contribution in [0.25, 0.3) is 64.5 Å². The Morgan fingerprint density at radius 1 is 0.743 bits per heavy atom. The lowest BCUT2D eigenvalue weighted by Gasteiger charge is -2.09. The van der Waals surface area contributed by atoms with Gasteiger partial charge in [-0.1, -0.05) is 54.6 Å². The highest BCUT2D eigenvalue weighted by atomic mass is 32.1. The lowest BCUT2D eigenvalue weighted by molar-refractivity contribution is 0.727. The van der Waals surface area contributed by atoms with Gasteiger partial charge in [0.25, 0.3) is 0 Å². The van der Waals surface area contributed by atoms with Crippen LogP contribution in [0.5, 0.6) is 0 Å². The molecule has 35 heavy (non-hydrogen) atoms. The van der Waals surface area contributed by atoms with Crippen LogP contribution in [0.15, 0.2) is 97.7 Å². The Morgan fingerprint density at radius 3 is 2.54 bits per heavy atom. The van der Waals surface area contributed by atoms with Gasteiger partial charge in [0, 0.05) is 31.1 Å². The molecule has 0 aliphatic carbocycles. The molecule has 0 unspecified atom stereocenters. The van der Waals surface area contributed by atoms with E-state index < -0.39 is 0 Å². The third kappa shape index (κ3) is 2.58. The van der Waals surface area contributed by atoms with Gasteiger partial charge >= 0.3 is 0 Å². The third-order valence-electron chi connectivity index (χ3n) is 6.57. The van der Waals surface area contributed by atoms with Crippen molar-refractivity contribution in [3.05, 3.63) is 97.7 Å². The zero-order chi connectivity index (χ0) is 22.9. The normalized spacial score (nSPS) is 12.0. The summed E-state index contributed by atoms with van der Waals surface area (Å²) in [7, 11) is 0. The van der Waals surface area contributed by atoms with Crippen LogP contribution in [0.2, 0.25) is 0 Å². The van der Waals surface area contributed by atoms with E-state index in [2.05, 4.69) is 80.3 Å². The second kappa shape index (κ2) is 6.94. The van der Waals surface area contributed by atoms with E-state index in [4.69, 9.17) is 4.98 Å². The van der Waals surface area contributed by atoms with Crippen LogP contribution < -0.4 is 0 Å². The average molecular weight is 469 g/mol. The number of aromatic nitrogens is 6. The van der Waals surface area contributed by atoms with Crippen molar-refractivity contribution in [2.24, 2.45) is 0 Å². The number of benzene rings is 3. The first kappa shape index (κ1) is 18.8. The maximum atomic E-state index is 5.22. The van der Waals surface area contributed by atoms with Crippen LogP contribution in [-0.2, 0) is 0 Å². The van der Waals surface area contributed by atoms with Crippen molar-refractivity contribution in [2.45, 2.75) is 0 Å². The highest BCUT2D eigenvalue weighted by Crippen LogP contribution is 2.42. The molecular weight excluding hydrogens is 452 g/mol. The number of rotatable bonds is 2. The molecule has 0 aliphatic heterocycles. The SMILES string of the molecule is c1ccc(-c2ccc3c(n2)c2c4sc5ccccc5c4ccc2n3-n2cnc3cncnc32)cc1. The van der Waals surface area contributed by atoms with E-state index in [1.54, 1.807) is 18.9 Å². The van der Waals surface area contributed by atoms with Gasteiger partial charge in [-0.3, -0.25) is 0 Å². The summed E-state index contributed by atoms with van der Waals surface area (Å²) in [6.45, 7) is 0. The number of hydrogen-bond donors (Lipinski definition) is 0. The van der Waals surface area contributed by atoms with E-state index in [0.717, 1.165) is 44.4 Å². The van der Waals surface area contributed by atoms with Gasteiger partial charge in [0.1, 0.15) is 23.7 Å². The van der Waals surface area contributed by atoms with E-state index in [-0.39, 0.29) is 0 Å². The fourth-order valence-electron chi connectivity index (χ4n) is 5.02. The minimum atomic E-state index is 0.749. The molecule has 0 aliphatic rings. The number of imidazole rings is 1. The van der Waals surface area contributed by atoms with Gasteiger partial charge in [-0.2, -0.15) is 0 Å². The summed E-state index contributed by atoms with van der Waals surface area (Å²) in [6.07, 6.45) is 5.10. The molecule has 8 aromatic rings. The van der Waals surface area contributed by atoms with E-state index in [1.807, 2.05) is 34.2 Å². The Morgan fingerprint density at radius 2 is 1.60 bits per heavy atom. The van der Waals surface area contributed by atoms with E-state index in [1.165, 1.54) is 20.2 Å². The summed E-state index contributed by atoms with van der Waals surface area (Å²) in [5, 5.41) is 3.67. The molecule has 0 atom stereocenters. The molecule has 0 fully saturated rings. The number of pyridine rings is 1. The molecule has 0 N–H and O–H groups in total. The molecule has 0 saturated heterocycles. The summed E-state index contributed by atoms with van der Waals surface area (Å²) < 4.78 is 6.67. The van der Waals surface area contributed by atoms with E-state index in [9.17, 15) is 0 Å². The van der Waals surface area contributed by atoms with Gasteiger partial charge in [0.05, 0.1) is 22.9 Å². The van der Waals surface area contributed by atoms with Crippen molar-refractivity contribution >= 4 is 64.6 Å². The lowest BCUT2D eigenvalue weighted by Crippen LogP contribution is -2.08. The largest absolute Gasteiger partial charge is 0.245 e. The van der Waals surface area contributed by atoms with Crippen molar-refractivity contribution in [2.75, 3.05) is 0 Å². The molecule has 7 heteroatoms. The molecule has 8 rings (SSSR count). The number of fused-ring (bicyclic) bond motifs is 8. The molecule has 5 aromatic heterocycles. The lowest BCUT2D eigenvalue weighted by atomic mass is 10.1.